The first-order valence-electron chi connectivity index (χ1n) is 8.35. The molecule has 4 rings (SSSR count). The Morgan fingerprint density at radius 3 is 2.76 bits per heavy atom. The Bertz CT molecular complexity index is 925. The molecule has 126 valence electrons. The van der Waals surface area contributed by atoms with Crippen molar-refractivity contribution in [3.8, 4) is 0 Å². The number of nitrogens with one attached hydrogen (secondary N) is 1. The summed E-state index contributed by atoms with van der Waals surface area (Å²) in [5.74, 6) is 1.49. The summed E-state index contributed by atoms with van der Waals surface area (Å²) in [5, 5.41) is 3.94. The van der Waals surface area contributed by atoms with E-state index in [1.807, 2.05) is 37.3 Å². The molecule has 0 radical (unpaired) electrons. The second kappa shape index (κ2) is 6.37. The smallest absolute Gasteiger partial charge is 0.229 e. The van der Waals surface area contributed by atoms with Gasteiger partial charge in [0.15, 0.2) is 0 Å². The van der Waals surface area contributed by atoms with Crippen molar-refractivity contribution in [1.82, 2.24) is 9.97 Å². The zero-order valence-electron chi connectivity index (χ0n) is 14.2. The normalized spacial score (nSPS) is 16.0. The molecule has 0 bridgehead atoms. The third-order valence-corrected chi connectivity index (χ3v) is 4.61. The largest absolute Gasteiger partial charge is 0.324 e. The van der Waals surface area contributed by atoms with E-state index in [9.17, 15) is 0 Å². The standard InChI is InChI=1S/C20H19ClN4/c1-13-10-19(25-14(2)11-15-6-3-4-9-18(15)25)24-20(22-13)23-17-8-5-7-16(21)12-17/h3-10,12,14H,11H2,1-2H3,(H,22,23,24). The Hall–Kier alpha value is -2.59. The second-order valence-corrected chi connectivity index (χ2v) is 6.81. The van der Waals surface area contributed by atoms with E-state index in [0.717, 1.165) is 23.6 Å². The molecule has 2 heterocycles. The molecule has 1 aliphatic heterocycles. The molecule has 2 aromatic carbocycles. The van der Waals surface area contributed by atoms with Crippen LogP contribution in [0.15, 0.2) is 54.6 Å². The highest BCUT2D eigenvalue weighted by atomic mass is 35.5. The summed E-state index contributed by atoms with van der Waals surface area (Å²) >= 11 is 6.06. The number of aromatic nitrogens is 2. The zero-order valence-corrected chi connectivity index (χ0v) is 15.0. The Kier molecular flexibility index (Phi) is 4.06. The minimum atomic E-state index is 0.366. The summed E-state index contributed by atoms with van der Waals surface area (Å²) in [7, 11) is 0. The average molecular weight is 351 g/mol. The first kappa shape index (κ1) is 15.9. The molecule has 0 saturated carbocycles. The van der Waals surface area contributed by atoms with Crippen LogP contribution in [0.2, 0.25) is 5.02 Å². The van der Waals surface area contributed by atoms with Gasteiger partial charge in [-0.2, -0.15) is 4.98 Å². The SMILES string of the molecule is Cc1cc(N2c3ccccc3CC2C)nc(Nc2cccc(Cl)c2)n1. The van der Waals surface area contributed by atoms with Crippen molar-refractivity contribution in [2.24, 2.45) is 0 Å². The number of hydrogen-bond acceptors (Lipinski definition) is 4. The first-order valence-corrected chi connectivity index (χ1v) is 8.73. The zero-order chi connectivity index (χ0) is 17.4. The van der Waals surface area contributed by atoms with Gasteiger partial charge >= 0.3 is 0 Å². The van der Waals surface area contributed by atoms with Crippen LogP contribution >= 0.6 is 11.6 Å². The second-order valence-electron chi connectivity index (χ2n) is 6.38. The lowest BCUT2D eigenvalue weighted by molar-refractivity contribution is 0.749. The fraction of sp³-hybridized carbons (Fsp3) is 0.200. The lowest BCUT2D eigenvalue weighted by Crippen LogP contribution is -2.25. The van der Waals surface area contributed by atoms with Crippen LogP contribution in [0.1, 0.15) is 18.2 Å². The highest BCUT2D eigenvalue weighted by Crippen LogP contribution is 2.37. The monoisotopic (exact) mass is 350 g/mol. The lowest BCUT2D eigenvalue weighted by Gasteiger charge is -2.24. The molecule has 1 aliphatic rings. The number of fused-ring (bicyclic) bond motifs is 1. The number of anilines is 4. The van der Waals surface area contributed by atoms with E-state index in [0.29, 0.717) is 17.0 Å². The number of benzene rings is 2. The van der Waals surface area contributed by atoms with E-state index in [2.05, 4.69) is 46.4 Å². The summed E-state index contributed by atoms with van der Waals surface area (Å²) in [6, 6.07) is 18.5. The molecular weight excluding hydrogens is 332 g/mol. The highest BCUT2D eigenvalue weighted by molar-refractivity contribution is 6.30. The number of halogens is 1. The molecule has 0 fully saturated rings. The summed E-state index contributed by atoms with van der Waals surface area (Å²) in [4.78, 5) is 11.6. The van der Waals surface area contributed by atoms with Crippen LogP contribution in [0, 0.1) is 6.92 Å². The third kappa shape index (κ3) is 3.17. The van der Waals surface area contributed by atoms with Crippen LogP contribution < -0.4 is 10.2 Å². The maximum atomic E-state index is 6.06. The molecule has 0 saturated heterocycles. The molecule has 25 heavy (non-hydrogen) atoms. The van der Waals surface area contributed by atoms with Gasteiger partial charge in [0.25, 0.3) is 0 Å². The van der Waals surface area contributed by atoms with Crippen LogP contribution in [-0.4, -0.2) is 16.0 Å². The van der Waals surface area contributed by atoms with Crippen LogP contribution in [0.25, 0.3) is 0 Å². The van der Waals surface area contributed by atoms with Gasteiger partial charge in [-0.25, -0.2) is 4.98 Å². The number of para-hydroxylation sites is 1. The molecule has 1 N–H and O–H groups in total. The molecule has 3 aromatic rings. The van der Waals surface area contributed by atoms with Gasteiger partial charge in [-0.3, -0.25) is 0 Å². The summed E-state index contributed by atoms with van der Waals surface area (Å²) < 4.78 is 0. The van der Waals surface area contributed by atoms with Gasteiger partial charge in [0.2, 0.25) is 5.95 Å². The predicted molar refractivity (Wildman–Crippen MR) is 103 cm³/mol. The van der Waals surface area contributed by atoms with Crippen molar-refractivity contribution in [2.75, 3.05) is 10.2 Å². The van der Waals surface area contributed by atoms with Crippen LogP contribution in [0.4, 0.5) is 23.1 Å². The van der Waals surface area contributed by atoms with E-state index >= 15 is 0 Å². The van der Waals surface area contributed by atoms with Gasteiger partial charge in [-0.1, -0.05) is 35.9 Å². The van der Waals surface area contributed by atoms with Gasteiger partial charge in [0.1, 0.15) is 5.82 Å². The average Bonchev–Trinajstić information content (AvgIpc) is 2.90. The molecule has 1 unspecified atom stereocenters. The lowest BCUT2D eigenvalue weighted by atomic mass is 10.1. The first-order chi connectivity index (χ1) is 12.1. The molecule has 0 aliphatic carbocycles. The van der Waals surface area contributed by atoms with Crippen molar-refractivity contribution in [2.45, 2.75) is 26.3 Å². The van der Waals surface area contributed by atoms with Gasteiger partial charge in [-0.05, 0) is 50.1 Å². The van der Waals surface area contributed by atoms with E-state index < -0.39 is 0 Å². The van der Waals surface area contributed by atoms with E-state index in [4.69, 9.17) is 16.6 Å². The van der Waals surface area contributed by atoms with Gasteiger partial charge in [-0.15, -0.1) is 0 Å². The summed E-state index contributed by atoms with van der Waals surface area (Å²) in [6.45, 7) is 4.21. The van der Waals surface area contributed by atoms with E-state index in [-0.39, 0.29) is 0 Å². The molecule has 0 amide bonds. The number of aryl methyl sites for hydroxylation is 1. The molecule has 4 nitrogen and oxygen atoms in total. The maximum Gasteiger partial charge on any atom is 0.229 e. The molecular formula is C20H19ClN4. The van der Waals surface area contributed by atoms with Gasteiger partial charge in [0, 0.05) is 34.2 Å². The van der Waals surface area contributed by atoms with Crippen LogP contribution in [0.5, 0.6) is 0 Å². The Balaban J connectivity index is 1.71. The molecule has 1 aromatic heterocycles. The Morgan fingerprint density at radius 2 is 1.92 bits per heavy atom. The van der Waals surface area contributed by atoms with Crippen molar-refractivity contribution in [3.63, 3.8) is 0 Å². The number of nitrogens with zero attached hydrogens (tertiary/aromatic N) is 3. The van der Waals surface area contributed by atoms with Crippen molar-refractivity contribution in [1.29, 1.82) is 0 Å². The highest BCUT2D eigenvalue weighted by Gasteiger charge is 2.28. The fourth-order valence-electron chi connectivity index (χ4n) is 3.34. The maximum absolute atomic E-state index is 6.06. The minimum Gasteiger partial charge on any atom is -0.324 e. The Morgan fingerprint density at radius 1 is 1.08 bits per heavy atom. The summed E-state index contributed by atoms with van der Waals surface area (Å²) in [6.07, 6.45) is 1.02. The van der Waals surface area contributed by atoms with E-state index in [1.54, 1.807) is 0 Å². The van der Waals surface area contributed by atoms with E-state index in [1.165, 1.54) is 11.3 Å². The number of rotatable bonds is 3. The van der Waals surface area contributed by atoms with Crippen LogP contribution in [0.3, 0.4) is 0 Å². The number of hydrogen-bond donors (Lipinski definition) is 1. The molecule has 1 atom stereocenters. The fourth-order valence-corrected chi connectivity index (χ4v) is 3.53. The Labute approximate surface area is 152 Å². The molecule has 5 heteroatoms. The van der Waals surface area contributed by atoms with Crippen molar-refractivity contribution in [3.05, 3.63) is 70.9 Å². The van der Waals surface area contributed by atoms with Crippen LogP contribution in [-0.2, 0) is 6.42 Å². The van der Waals surface area contributed by atoms with Crippen molar-refractivity contribution >= 4 is 34.7 Å². The minimum absolute atomic E-state index is 0.366. The van der Waals surface area contributed by atoms with Gasteiger partial charge in [0.05, 0.1) is 0 Å². The van der Waals surface area contributed by atoms with Gasteiger partial charge < -0.3 is 10.2 Å². The van der Waals surface area contributed by atoms with Crippen molar-refractivity contribution < 1.29 is 0 Å². The molecule has 0 spiro atoms. The summed E-state index contributed by atoms with van der Waals surface area (Å²) in [5.41, 5.74) is 4.38. The third-order valence-electron chi connectivity index (χ3n) is 4.38. The topological polar surface area (TPSA) is 41.1 Å². The predicted octanol–water partition coefficient (Wildman–Crippen LogP) is 5.26. The quantitative estimate of drug-likeness (QED) is 0.699.